The lowest BCUT2D eigenvalue weighted by atomic mass is 10.1. The first kappa shape index (κ1) is 13.9. The van der Waals surface area contributed by atoms with Gasteiger partial charge in [0.2, 0.25) is 0 Å². The maximum atomic E-state index is 5.94. The molecule has 0 spiro atoms. The molecular weight excluding hydrogens is 256 g/mol. The minimum absolute atomic E-state index is 0.633. The number of hydrogen-bond donors (Lipinski definition) is 1. The number of benzene rings is 2. The van der Waals surface area contributed by atoms with E-state index in [0.717, 1.165) is 23.8 Å². The monoisotopic (exact) mass is 274 g/mol. The summed E-state index contributed by atoms with van der Waals surface area (Å²) in [7, 11) is 0. The molecule has 0 fully saturated rings. The van der Waals surface area contributed by atoms with Gasteiger partial charge in [-0.05, 0) is 42.3 Å². The maximum Gasteiger partial charge on any atom is 0.0432 e. The van der Waals surface area contributed by atoms with Crippen LogP contribution in [0.25, 0.3) is 0 Å². The SMILES string of the molecule is Cc1ccccc1CN(CCN)c1ccc(Cl)cc1. The van der Waals surface area contributed by atoms with Crippen LogP contribution in [0.3, 0.4) is 0 Å². The summed E-state index contributed by atoms with van der Waals surface area (Å²) in [5, 5.41) is 0.757. The van der Waals surface area contributed by atoms with Crippen molar-refractivity contribution in [2.24, 2.45) is 5.73 Å². The molecule has 19 heavy (non-hydrogen) atoms. The van der Waals surface area contributed by atoms with Gasteiger partial charge in [-0.1, -0.05) is 35.9 Å². The Kier molecular flexibility index (Phi) is 4.83. The van der Waals surface area contributed by atoms with Crippen LogP contribution < -0.4 is 10.6 Å². The van der Waals surface area contributed by atoms with Crippen LogP contribution in [-0.4, -0.2) is 13.1 Å². The fraction of sp³-hybridized carbons (Fsp3) is 0.250. The van der Waals surface area contributed by atoms with Crippen molar-refractivity contribution >= 4 is 17.3 Å². The molecule has 0 amide bonds. The van der Waals surface area contributed by atoms with Crippen LogP contribution in [0.15, 0.2) is 48.5 Å². The van der Waals surface area contributed by atoms with E-state index in [2.05, 4.69) is 36.1 Å². The highest BCUT2D eigenvalue weighted by molar-refractivity contribution is 6.30. The molecule has 0 aliphatic rings. The molecular formula is C16H19ClN2. The molecule has 0 aliphatic carbocycles. The van der Waals surface area contributed by atoms with Crippen LogP contribution in [0.4, 0.5) is 5.69 Å². The van der Waals surface area contributed by atoms with Crippen molar-refractivity contribution in [3.05, 3.63) is 64.7 Å². The van der Waals surface area contributed by atoms with Crippen LogP contribution >= 0.6 is 11.6 Å². The van der Waals surface area contributed by atoms with Crippen LogP contribution in [-0.2, 0) is 6.54 Å². The van der Waals surface area contributed by atoms with Crippen LogP contribution in [0.5, 0.6) is 0 Å². The van der Waals surface area contributed by atoms with E-state index in [1.807, 2.05) is 24.3 Å². The molecule has 0 aliphatic heterocycles. The first-order chi connectivity index (χ1) is 9.20. The molecule has 0 bridgehead atoms. The van der Waals surface area contributed by atoms with Gasteiger partial charge < -0.3 is 10.6 Å². The van der Waals surface area contributed by atoms with E-state index in [1.54, 1.807) is 0 Å². The molecule has 2 N–H and O–H groups in total. The number of halogens is 1. The minimum Gasteiger partial charge on any atom is -0.366 e. The van der Waals surface area contributed by atoms with Crippen LogP contribution in [0, 0.1) is 6.92 Å². The van der Waals surface area contributed by atoms with Crippen LogP contribution in [0.1, 0.15) is 11.1 Å². The molecule has 0 atom stereocenters. The fourth-order valence-corrected chi connectivity index (χ4v) is 2.23. The van der Waals surface area contributed by atoms with Crippen molar-refractivity contribution in [1.29, 1.82) is 0 Å². The van der Waals surface area contributed by atoms with E-state index in [1.165, 1.54) is 11.1 Å². The lowest BCUT2D eigenvalue weighted by Gasteiger charge is -2.25. The van der Waals surface area contributed by atoms with E-state index >= 15 is 0 Å². The third-order valence-electron chi connectivity index (χ3n) is 3.21. The zero-order valence-corrected chi connectivity index (χ0v) is 11.9. The first-order valence-electron chi connectivity index (χ1n) is 6.46. The Morgan fingerprint density at radius 3 is 2.37 bits per heavy atom. The second-order valence-electron chi connectivity index (χ2n) is 4.61. The summed E-state index contributed by atoms with van der Waals surface area (Å²) in [5.41, 5.74) is 9.50. The molecule has 0 aromatic heterocycles. The molecule has 0 saturated heterocycles. The summed E-state index contributed by atoms with van der Waals surface area (Å²) in [6.45, 7) is 4.47. The third-order valence-corrected chi connectivity index (χ3v) is 3.47. The van der Waals surface area contributed by atoms with E-state index < -0.39 is 0 Å². The van der Waals surface area contributed by atoms with Crippen molar-refractivity contribution in [2.75, 3.05) is 18.0 Å². The summed E-state index contributed by atoms with van der Waals surface area (Å²) >= 11 is 5.94. The number of anilines is 1. The van der Waals surface area contributed by atoms with E-state index in [4.69, 9.17) is 17.3 Å². The second-order valence-corrected chi connectivity index (χ2v) is 5.05. The lowest BCUT2D eigenvalue weighted by molar-refractivity contribution is 0.787. The smallest absolute Gasteiger partial charge is 0.0432 e. The minimum atomic E-state index is 0.633. The highest BCUT2D eigenvalue weighted by Gasteiger charge is 2.08. The predicted molar refractivity (Wildman–Crippen MR) is 82.7 cm³/mol. The molecule has 2 aromatic carbocycles. The summed E-state index contributed by atoms with van der Waals surface area (Å²) in [6, 6.07) is 16.3. The molecule has 0 heterocycles. The summed E-state index contributed by atoms with van der Waals surface area (Å²) in [4.78, 5) is 2.28. The highest BCUT2D eigenvalue weighted by Crippen LogP contribution is 2.20. The second kappa shape index (κ2) is 6.60. The van der Waals surface area contributed by atoms with Gasteiger partial charge in [-0.15, -0.1) is 0 Å². The van der Waals surface area contributed by atoms with Gasteiger partial charge >= 0.3 is 0 Å². The molecule has 0 radical (unpaired) electrons. The first-order valence-corrected chi connectivity index (χ1v) is 6.83. The van der Waals surface area contributed by atoms with Crippen molar-refractivity contribution in [1.82, 2.24) is 0 Å². The van der Waals surface area contributed by atoms with Gasteiger partial charge in [-0.2, -0.15) is 0 Å². The van der Waals surface area contributed by atoms with E-state index in [9.17, 15) is 0 Å². The quantitative estimate of drug-likeness (QED) is 0.902. The van der Waals surface area contributed by atoms with Gasteiger partial charge in [-0.25, -0.2) is 0 Å². The van der Waals surface area contributed by atoms with Crippen molar-refractivity contribution < 1.29 is 0 Å². The Morgan fingerprint density at radius 2 is 1.74 bits per heavy atom. The standard InChI is InChI=1S/C16H19ClN2/c1-13-4-2-3-5-14(13)12-19(11-10-18)16-8-6-15(17)7-9-16/h2-9H,10-12,18H2,1H3. The molecule has 3 heteroatoms. The van der Waals surface area contributed by atoms with Gasteiger partial charge in [0.15, 0.2) is 0 Å². The average Bonchev–Trinajstić information content (AvgIpc) is 2.42. The summed E-state index contributed by atoms with van der Waals surface area (Å²) in [5.74, 6) is 0. The molecule has 2 nitrogen and oxygen atoms in total. The number of nitrogens with zero attached hydrogens (tertiary/aromatic N) is 1. The summed E-state index contributed by atoms with van der Waals surface area (Å²) < 4.78 is 0. The number of hydrogen-bond acceptors (Lipinski definition) is 2. The van der Waals surface area contributed by atoms with Crippen molar-refractivity contribution in [3.8, 4) is 0 Å². The Balaban J connectivity index is 2.21. The van der Waals surface area contributed by atoms with Crippen molar-refractivity contribution in [3.63, 3.8) is 0 Å². The molecule has 2 aromatic rings. The average molecular weight is 275 g/mol. The van der Waals surface area contributed by atoms with Crippen molar-refractivity contribution in [2.45, 2.75) is 13.5 Å². The Bertz CT molecular complexity index is 523. The largest absolute Gasteiger partial charge is 0.366 e. The number of rotatable bonds is 5. The Morgan fingerprint density at radius 1 is 1.05 bits per heavy atom. The van der Waals surface area contributed by atoms with E-state index in [0.29, 0.717) is 6.54 Å². The number of aryl methyl sites for hydroxylation is 1. The predicted octanol–water partition coefficient (Wildman–Crippen LogP) is 3.61. The Labute approximate surface area is 119 Å². The zero-order valence-electron chi connectivity index (χ0n) is 11.1. The lowest BCUT2D eigenvalue weighted by Crippen LogP contribution is -2.29. The molecule has 0 saturated carbocycles. The molecule has 100 valence electrons. The third kappa shape index (κ3) is 3.72. The van der Waals surface area contributed by atoms with Crippen LogP contribution in [0.2, 0.25) is 5.02 Å². The van der Waals surface area contributed by atoms with Gasteiger partial charge in [0.05, 0.1) is 0 Å². The maximum absolute atomic E-state index is 5.94. The molecule has 0 unspecified atom stereocenters. The van der Waals surface area contributed by atoms with Gasteiger partial charge in [0.1, 0.15) is 0 Å². The molecule has 2 rings (SSSR count). The van der Waals surface area contributed by atoms with Gasteiger partial charge in [0, 0.05) is 30.3 Å². The number of nitrogens with two attached hydrogens (primary N) is 1. The van der Waals surface area contributed by atoms with E-state index in [-0.39, 0.29) is 0 Å². The van der Waals surface area contributed by atoms with Gasteiger partial charge in [-0.3, -0.25) is 0 Å². The topological polar surface area (TPSA) is 29.3 Å². The highest BCUT2D eigenvalue weighted by atomic mass is 35.5. The van der Waals surface area contributed by atoms with Gasteiger partial charge in [0.25, 0.3) is 0 Å². The summed E-state index contributed by atoms with van der Waals surface area (Å²) in [6.07, 6.45) is 0. The Hall–Kier alpha value is -1.51. The fourth-order valence-electron chi connectivity index (χ4n) is 2.10. The zero-order chi connectivity index (χ0) is 13.7. The normalized spacial score (nSPS) is 10.5.